The van der Waals surface area contributed by atoms with Crippen molar-refractivity contribution in [1.82, 2.24) is 0 Å². The van der Waals surface area contributed by atoms with Gasteiger partial charge in [-0.15, -0.1) is 6.58 Å². The van der Waals surface area contributed by atoms with Crippen molar-refractivity contribution in [3.8, 4) is 0 Å². The number of hydrogen-bond donors (Lipinski definition) is 0. The minimum absolute atomic E-state index is 0. The second kappa shape index (κ2) is 15.9. The fourth-order valence-corrected chi connectivity index (χ4v) is 5.07. The van der Waals surface area contributed by atoms with Gasteiger partial charge in [0, 0.05) is 21.1 Å². The Kier molecular flexibility index (Phi) is 14.9. The second-order valence-electron chi connectivity index (χ2n) is 7.87. The molecule has 0 N–H and O–H groups in total. The van der Waals surface area contributed by atoms with E-state index in [0.29, 0.717) is 0 Å². The van der Waals surface area contributed by atoms with Gasteiger partial charge in [0.1, 0.15) is 0 Å². The first-order valence-electron chi connectivity index (χ1n) is 11.2. The number of allylic oxidation sites excluding steroid dienone is 1. The molecule has 0 aromatic heterocycles. The Morgan fingerprint density at radius 3 is 0.974 bits per heavy atom. The molecule has 0 amide bonds. The third kappa shape index (κ3) is 21.0. The standard InChI is InChI=1S/C18H15P.C8H8.C4H7.F6P.Pt/c1-4-10-16(11-5-1)19(17-12-6-2-7-13-17)18-14-8-3-9-15-18;1-2-8-6-4-3-5-7-8;1-4(2)3;1-7(2,3,4,5)6;/h1-15H;2-7H,1H2;1-2H2,3H3;;/q;;;-1;. The van der Waals surface area contributed by atoms with E-state index in [1.807, 2.05) is 43.3 Å². The predicted octanol–water partition coefficient (Wildman–Crippen LogP) is 10.6. The maximum absolute atomic E-state index is 10.7. The Bertz CT molecular complexity index is 1130. The molecule has 0 aliphatic heterocycles. The molecule has 0 unspecified atom stereocenters. The summed E-state index contributed by atoms with van der Waals surface area (Å²) in [6, 6.07) is 42.4. The number of benzene rings is 4. The fraction of sp³-hybridized carbons (Fsp3) is 0.0333. The van der Waals surface area contributed by atoms with Crippen LogP contribution < -0.4 is 15.9 Å². The molecule has 0 saturated carbocycles. The molecule has 0 heterocycles. The Hall–Kier alpha value is -2.51. The van der Waals surface area contributed by atoms with Gasteiger partial charge in [0.25, 0.3) is 0 Å². The Balaban J connectivity index is 0.000000601. The Morgan fingerprint density at radius 2 is 0.795 bits per heavy atom. The molecule has 0 fully saturated rings. The van der Waals surface area contributed by atoms with E-state index in [0.717, 1.165) is 5.57 Å². The first-order valence-corrected chi connectivity index (χ1v) is 14.6. The van der Waals surface area contributed by atoms with E-state index in [1.54, 1.807) is 0 Å². The van der Waals surface area contributed by atoms with E-state index in [2.05, 4.69) is 111 Å². The molecule has 0 bridgehead atoms. The van der Waals surface area contributed by atoms with E-state index in [-0.39, 0.29) is 21.1 Å². The van der Waals surface area contributed by atoms with Crippen LogP contribution in [0.15, 0.2) is 140 Å². The molecule has 9 heteroatoms. The third-order valence-electron chi connectivity index (χ3n) is 4.08. The van der Waals surface area contributed by atoms with Crippen molar-refractivity contribution in [2.45, 2.75) is 6.92 Å². The van der Waals surface area contributed by atoms with E-state index in [1.165, 1.54) is 21.5 Å². The van der Waals surface area contributed by atoms with Gasteiger partial charge in [0.15, 0.2) is 0 Å². The molecule has 0 aliphatic rings. The summed E-state index contributed by atoms with van der Waals surface area (Å²) in [5, 5.41) is 4.19. The van der Waals surface area contributed by atoms with Crippen LogP contribution in [0.4, 0.5) is 25.2 Å². The van der Waals surface area contributed by atoms with Gasteiger partial charge in [0.05, 0.1) is 0 Å². The molecule has 4 aromatic carbocycles. The van der Waals surface area contributed by atoms with Gasteiger partial charge in [-0.2, -0.15) is 0 Å². The van der Waals surface area contributed by atoms with Gasteiger partial charge < -0.3 is 0 Å². The van der Waals surface area contributed by atoms with Crippen LogP contribution in [0.3, 0.4) is 0 Å². The van der Waals surface area contributed by atoms with Crippen LogP contribution in [-0.4, -0.2) is 0 Å². The molecular weight excluding hydrogens is 731 g/mol. The van der Waals surface area contributed by atoms with Crippen molar-refractivity contribution >= 4 is 37.7 Å². The molecule has 1 radical (unpaired) electrons. The molecular formula is C30H30F6P2Pt-. The van der Waals surface area contributed by atoms with Crippen molar-refractivity contribution in [2.75, 3.05) is 0 Å². The monoisotopic (exact) mass is 761 g/mol. The molecule has 4 rings (SSSR count). The largest absolute Gasteiger partial charge is 0.100 e. The molecule has 213 valence electrons. The summed E-state index contributed by atoms with van der Waals surface area (Å²) < 4.78 is 59.2. The van der Waals surface area contributed by atoms with Crippen molar-refractivity contribution in [3.63, 3.8) is 0 Å². The first-order chi connectivity index (χ1) is 17.6. The quantitative estimate of drug-likeness (QED) is 0.144. The molecule has 0 nitrogen and oxygen atoms in total. The smallest absolute Gasteiger partial charge is 0 e. The van der Waals surface area contributed by atoms with E-state index < -0.39 is 15.7 Å². The zero-order chi connectivity index (χ0) is 28.7. The van der Waals surface area contributed by atoms with Crippen molar-refractivity contribution in [3.05, 3.63) is 153 Å². The summed E-state index contributed by atoms with van der Waals surface area (Å²) in [5.74, 6) is 0. The zero-order valence-corrected chi connectivity index (χ0v) is 25.3. The number of hydrogen-bond acceptors (Lipinski definition) is 0. The SMILES string of the molecule is C=Cc1ccccc1.F[P-](F)(F)(F)(F)F.[CH2]C(=C)C.[Pt].c1ccc(P(c2ccccc2)c2ccccc2)cc1. The Labute approximate surface area is 242 Å². The molecule has 39 heavy (non-hydrogen) atoms. The first kappa shape index (κ1) is 36.5. The zero-order valence-electron chi connectivity index (χ0n) is 21.2. The maximum atomic E-state index is 9.87. The molecule has 0 spiro atoms. The summed E-state index contributed by atoms with van der Waals surface area (Å²) in [6.45, 7) is 12.4. The number of halogens is 6. The number of rotatable bonds is 4. The van der Waals surface area contributed by atoms with Gasteiger partial charge in [-0.25, -0.2) is 0 Å². The van der Waals surface area contributed by atoms with E-state index in [4.69, 9.17) is 0 Å². The minimum Gasteiger partial charge on any atom is -0.100 e. The van der Waals surface area contributed by atoms with Crippen LogP contribution in [0.5, 0.6) is 0 Å². The summed E-state index contributed by atoms with van der Waals surface area (Å²) in [5.41, 5.74) is 2.09. The van der Waals surface area contributed by atoms with Crippen LogP contribution in [0.1, 0.15) is 12.5 Å². The van der Waals surface area contributed by atoms with E-state index >= 15 is 0 Å². The van der Waals surface area contributed by atoms with Crippen LogP contribution in [0, 0.1) is 6.92 Å². The van der Waals surface area contributed by atoms with Gasteiger partial charge >= 0.3 is 33.0 Å². The average molecular weight is 762 g/mol. The molecule has 0 aliphatic carbocycles. The van der Waals surface area contributed by atoms with Crippen LogP contribution in [0.2, 0.25) is 0 Å². The van der Waals surface area contributed by atoms with Crippen molar-refractivity contribution < 1.29 is 46.2 Å². The fourth-order valence-electron chi connectivity index (χ4n) is 2.77. The van der Waals surface area contributed by atoms with Crippen LogP contribution in [0.25, 0.3) is 6.08 Å². The summed E-state index contributed by atoms with van der Waals surface area (Å²) in [7, 11) is -11.1. The summed E-state index contributed by atoms with van der Waals surface area (Å²) in [6.07, 6.45) is 1.83. The molecule has 0 saturated heterocycles. The van der Waals surface area contributed by atoms with Gasteiger partial charge in [-0.3, -0.25) is 0 Å². The van der Waals surface area contributed by atoms with Crippen LogP contribution in [-0.2, 0) is 21.1 Å². The predicted molar refractivity (Wildman–Crippen MR) is 155 cm³/mol. The van der Waals surface area contributed by atoms with Crippen LogP contribution >= 0.6 is 15.7 Å². The Morgan fingerprint density at radius 1 is 0.590 bits per heavy atom. The van der Waals surface area contributed by atoms with Crippen molar-refractivity contribution in [1.29, 1.82) is 0 Å². The van der Waals surface area contributed by atoms with Gasteiger partial charge in [-0.1, -0.05) is 140 Å². The normalized spacial score (nSPS) is 11.7. The average Bonchev–Trinajstić information content (AvgIpc) is 2.85. The van der Waals surface area contributed by atoms with E-state index in [9.17, 15) is 25.2 Å². The molecule has 0 atom stereocenters. The van der Waals surface area contributed by atoms with Crippen molar-refractivity contribution in [2.24, 2.45) is 0 Å². The maximum Gasteiger partial charge on any atom is 0 e. The molecule has 4 aromatic rings. The summed E-state index contributed by atoms with van der Waals surface area (Å²) >= 11 is 0. The third-order valence-corrected chi connectivity index (χ3v) is 6.52. The van der Waals surface area contributed by atoms with Gasteiger partial charge in [-0.05, 0) is 43.2 Å². The second-order valence-corrected chi connectivity index (χ2v) is 12.0. The topological polar surface area (TPSA) is 0 Å². The minimum atomic E-state index is -10.7. The summed E-state index contributed by atoms with van der Waals surface area (Å²) in [4.78, 5) is 0. The van der Waals surface area contributed by atoms with Gasteiger partial charge in [0.2, 0.25) is 0 Å².